The summed E-state index contributed by atoms with van der Waals surface area (Å²) < 4.78 is 0. The first-order chi connectivity index (χ1) is 9.20. The van der Waals surface area contributed by atoms with Crippen LogP contribution in [0.5, 0.6) is 0 Å². The highest BCUT2D eigenvalue weighted by Crippen LogP contribution is 2.22. The van der Waals surface area contributed by atoms with Gasteiger partial charge in [0.25, 0.3) is 0 Å². The fourth-order valence-corrected chi connectivity index (χ4v) is 1.92. The van der Waals surface area contributed by atoms with Crippen molar-refractivity contribution in [3.8, 4) is 0 Å². The Kier molecular flexibility index (Phi) is 4.14. The molecule has 1 aliphatic rings. The van der Waals surface area contributed by atoms with Crippen LogP contribution >= 0.6 is 0 Å². The van der Waals surface area contributed by atoms with Crippen LogP contribution < -0.4 is 0 Å². The summed E-state index contributed by atoms with van der Waals surface area (Å²) in [6, 6.07) is 9.97. The summed E-state index contributed by atoms with van der Waals surface area (Å²) >= 11 is 0. The van der Waals surface area contributed by atoms with Gasteiger partial charge in [0.1, 0.15) is 0 Å². The zero-order chi connectivity index (χ0) is 13.7. The first kappa shape index (κ1) is 13.1. The Hall–Kier alpha value is -2.35. The Balaban J connectivity index is 2.21. The van der Waals surface area contributed by atoms with Gasteiger partial charge >= 0.3 is 0 Å². The summed E-state index contributed by atoms with van der Waals surface area (Å²) in [6.07, 6.45) is 9.61. The zero-order valence-corrected chi connectivity index (χ0v) is 10.8. The van der Waals surface area contributed by atoms with E-state index in [1.807, 2.05) is 55.5 Å². The van der Waals surface area contributed by atoms with E-state index < -0.39 is 0 Å². The van der Waals surface area contributed by atoms with Crippen LogP contribution in [0, 0.1) is 0 Å². The smallest absolute Gasteiger partial charge is 0.220 e. The molecule has 0 amide bonds. The number of carbonyl (C=O) groups excluding carboxylic acids is 1. The van der Waals surface area contributed by atoms with Crippen molar-refractivity contribution in [1.29, 1.82) is 0 Å². The molecule has 1 N–H and O–H groups in total. The number of hydrogen-bond acceptors (Lipinski definition) is 2. The first-order valence-corrected chi connectivity index (χ1v) is 6.30. The Morgan fingerprint density at radius 2 is 1.89 bits per heavy atom. The molecule has 19 heavy (non-hydrogen) atoms. The number of rotatable bonds is 3. The maximum absolute atomic E-state index is 11.4. The lowest BCUT2D eigenvalue weighted by Crippen LogP contribution is -2.06. The summed E-state index contributed by atoms with van der Waals surface area (Å²) in [6.45, 7) is 1.99. The van der Waals surface area contributed by atoms with E-state index in [0.717, 1.165) is 23.1 Å². The third-order valence-electron chi connectivity index (χ3n) is 2.97. The fraction of sp³-hybridized carbons (Fsp3) is 0.118. The van der Waals surface area contributed by atoms with Crippen LogP contribution in [-0.4, -0.2) is 10.9 Å². The summed E-state index contributed by atoms with van der Waals surface area (Å²) in [5, 5.41) is 9.48. The van der Waals surface area contributed by atoms with E-state index in [4.69, 9.17) is 0 Å². The third-order valence-corrected chi connectivity index (χ3v) is 2.97. The maximum Gasteiger partial charge on any atom is 0.220 e. The second-order valence-corrected chi connectivity index (χ2v) is 4.31. The van der Waals surface area contributed by atoms with E-state index in [-0.39, 0.29) is 11.5 Å². The molecule has 0 aliphatic heterocycles. The Morgan fingerprint density at radius 3 is 2.58 bits per heavy atom. The van der Waals surface area contributed by atoms with Gasteiger partial charge in [0, 0.05) is 0 Å². The van der Waals surface area contributed by atoms with Gasteiger partial charge in [0.05, 0.1) is 0 Å². The van der Waals surface area contributed by atoms with Gasteiger partial charge in [0.15, 0.2) is 5.76 Å². The molecule has 0 radical (unpaired) electrons. The molecule has 0 fully saturated rings. The molecule has 1 aromatic carbocycles. The topological polar surface area (TPSA) is 37.3 Å². The van der Waals surface area contributed by atoms with E-state index >= 15 is 0 Å². The second-order valence-electron chi connectivity index (χ2n) is 4.31. The summed E-state index contributed by atoms with van der Waals surface area (Å²) in [5.74, 6) is -0.516. The zero-order valence-electron chi connectivity index (χ0n) is 10.8. The summed E-state index contributed by atoms with van der Waals surface area (Å²) in [4.78, 5) is 11.4. The minimum Gasteiger partial charge on any atom is -0.504 e. The molecule has 0 unspecified atom stereocenters. The molecule has 2 rings (SSSR count). The molecule has 0 bridgehead atoms. The molecule has 0 atom stereocenters. The highest BCUT2D eigenvalue weighted by molar-refractivity contribution is 6.05. The van der Waals surface area contributed by atoms with E-state index in [1.54, 1.807) is 0 Å². The average Bonchev–Trinajstić information content (AvgIpc) is 2.43. The van der Waals surface area contributed by atoms with Crippen molar-refractivity contribution in [2.75, 3.05) is 0 Å². The van der Waals surface area contributed by atoms with E-state index in [0.29, 0.717) is 0 Å². The van der Waals surface area contributed by atoms with Crippen LogP contribution in [0.4, 0.5) is 0 Å². The minimum absolute atomic E-state index is 0.198. The lowest BCUT2D eigenvalue weighted by Gasteiger charge is -2.10. The molecule has 96 valence electrons. The monoisotopic (exact) mass is 252 g/mol. The standard InChI is InChI=1S/C17H16O2/c1-2-14-11-16(18)17(19)12-15(14)10-6-9-13-7-4-3-5-8-13/h3-12,19H,2H2,1H3. The first-order valence-electron chi connectivity index (χ1n) is 6.30. The van der Waals surface area contributed by atoms with E-state index in [9.17, 15) is 9.90 Å². The van der Waals surface area contributed by atoms with Crippen molar-refractivity contribution < 1.29 is 9.90 Å². The Bertz CT molecular complexity index is 587. The number of ketones is 1. The number of allylic oxidation sites excluding steroid dienone is 6. The lowest BCUT2D eigenvalue weighted by molar-refractivity contribution is -0.113. The molecule has 2 nitrogen and oxygen atoms in total. The lowest BCUT2D eigenvalue weighted by atomic mass is 9.95. The number of carbonyl (C=O) groups is 1. The molecule has 1 aromatic rings. The number of benzene rings is 1. The number of aliphatic hydroxyl groups is 1. The number of hydrogen-bond donors (Lipinski definition) is 1. The fourth-order valence-electron chi connectivity index (χ4n) is 1.92. The van der Waals surface area contributed by atoms with Gasteiger partial charge in [-0.05, 0) is 35.3 Å². The summed E-state index contributed by atoms with van der Waals surface area (Å²) in [7, 11) is 0. The number of aliphatic hydroxyl groups excluding tert-OH is 1. The molecule has 0 saturated heterocycles. The molecule has 0 saturated carbocycles. The molecule has 0 heterocycles. The highest BCUT2D eigenvalue weighted by Gasteiger charge is 2.14. The van der Waals surface area contributed by atoms with E-state index in [1.165, 1.54) is 12.2 Å². The van der Waals surface area contributed by atoms with Crippen molar-refractivity contribution in [2.45, 2.75) is 13.3 Å². The van der Waals surface area contributed by atoms with Crippen molar-refractivity contribution in [1.82, 2.24) is 0 Å². The van der Waals surface area contributed by atoms with Gasteiger partial charge in [-0.3, -0.25) is 4.79 Å². The van der Waals surface area contributed by atoms with Gasteiger partial charge in [-0.15, -0.1) is 0 Å². The van der Waals surface area contributed by atoms with Crippen LogP contribution in [0.1, 0.15) is 18.9 Å². The van der Waals surface area contributed by atoms with Gasteiger partial charge in [-0.1, -0.05) is 55.5 Å². The predicted molar refractivity (Wildman–Crippen MR) is 77.7 cm³/mol. The van der Waals surface area contributed by atoms with Crippen molar-refractivity contribution in [3.63, 3.8) is 0 Å². The van der Waals surface area contributed by atoms with Crippen LogP contribution in [-0.2, 0) is 4.79 Å². The maximum atomic E-state index is 11.4. The predicted octanol–water partition coefficient (Wildman–Crippen LogP) is 3.99. The molecule has 0 spiro atoms. The van der Waals surface area contributed by atoms with Crippen molar-refractivity contribution >= 4 is 11.9 Å². The minimum atomic E-state index is -0.318. The van der Waals surface area contributed by atoms with Crippen LogP contribution in [0.25, 0.3) is 6.08 Å². The average molecular weight is 252 g/mol. The van der Waals surface area contributed by atoms with E-state index in [2.05, 4.69) is 0 Å². The second kappa shape index (κ2) is 6.01. The molecule has 0 aromatic heterocycles. The Labute approximate surface area is 113 Å². The Morgan fingerprint density at radius 1 is 1.16 bits per heavy atom. The normalized spacial score (nSPS) is 17.7. The molecular formula is C17H16O2. The van der Waals surface area contributed by atoms with Crippen LogP contribution in [0.3, 0.4) is 0 Å². The third kappa shape index (κ3) is 3.32. The van der Waals surface area contributed by atoms with Gasteiger partial charge < -0.3 is 5.11 Å². The molecular weight excluding hydrogens is 236 g/mol. The SMILES string of the molecule is CCC1=CC(=O)C(O)=CC1=CC=Cc1ccccc1. The van der Waals surface area contributed by atoms with Gasteiger partial charge in [0.2, 0.25) is 5.78 Å². The molecule has 1 aliphatic carbocycles. The highest BCUT2D eigenvalue weighted by atomic mass is 16.3. The molecule has 2 heteroatoms. The van der Waals surface area contributed by atoms with Crippen molar-refractivity contribution in [2.24, 2.45) is 0 Å². The van der Waals surface area contributed by atoms with Crippen LogP contribution in [0.15, 0.2) is 71.5 Å². The summed E-state index contributed by atoms with van der Waals surface area (Å²) in [5.41, 5.74) is 2.94. The van der Waals surface area contributed by atoms with Gasteiger partial charge in [-0.25, -0.2) is 0 Å². The van der Waals surface area contributed by atoms with Crippen molar-refractivity contribution in [3.05, 3.63) is 77.1 Å². The van der Waals surface area contributed by atoms with Crippen LogP contribution in [0.2, 0.25) is 0 Å². The quantitative estimate of drug-likeness (QED) is 0.883. The largest absolute Gasteiger partial charge is 0.504 e. The van der Waals surface area contributed by atoms with Gasteiger partial charge in [-0.2, -0.15) is 0 Å².